The number of amides is 1. The molecular weight excluding hydrogens is 531 g/mol. The van der Waals surface area contributed by atoms with Crippen molar-refractivity contribution in [2.24, 2.45) is 0 Å². The third kappa shape index (κ3) is 5.82. The molecule has 1 atom stereocenters. The van der Waals surface area contributed by atoms with Crippen LogP contribution >= 0.6 is 0 Å². The second-order valence-corrected chi connectivity index (χ2v) is 10.5. The molecule has 12 nitrogen and oxygen atoms in total. The Labute approximate surface area is 236 Å². The predicted octanol–water partition coefficient (Wildman–Crippen LogP) is 2.09. The highest BCUT2D eigenvalue weighted by atomic mass is 19.1. The molecule has 1 unspecified atom stereocenters. The molecule has 5 rings (SSSR count). The first kappa shape index (κ1) is 28.3. The Balaban J connectivity index is 1.38. The fourth-order valence-corrected chi connectivity index (χ4v) is 5.22. The lowest BCUT2D eigenvalue weighted by atomic mass is 9.91. The summed E-state index contributed by atoms with van der Waals surface area (Å²) in [5.41, 5.74) is 3.51. The summed E-state index contributed by atoms with van der Waals surface area (Å²) in [7, 11) is 4.85. The number of halogens is 1. The van der Waals surface area contributed by atoms with Crippen LogP contribution in [-0.2, 0) is 36.6 Å². The summed E-state index contributed by atoms with van der Waals surface area (Å²) >= 11 is 0. The normalized spacial score (nSPS) is 17.0. The minimum Gasteiger partial charge on any atom is -0.494 e. The predicted molar refractivity (Wildman–Crippen MR) is 146 cm³/mol. The Kier molecular flexibility index (Phi) is 7.84. The molecule has 0 fully saturated rings. The van der Waals surface area contributed by atoms with E-state index in [0.29, 0.717) is 48.0 Å². The number of hydrogen-bond donors (Lipinski definition) is 2. The van der Waals surface area contributed by atoms with E-state index in [9.17, 15) is 9.90 Å². The number of hydrogen-bond acceptors (Lipinski definition) is 9. The molecule has 4 aromatic rings. The number of fused-ring (bicyclic) bond motifs is 1. The third-order valence-corrected chi connectivity index (χ3v) is 6.94. The van der Waals surface area contributed by atoms with Gasteiger partial charge in [-0.05, 0) is 50.2 Å². The lowest BCUT2D eigenvalue weighted by molar-refractivity contribution is 0.00409. The molecule has 0 spiro atoms. The molecular formula is C28H33FN8O4. The molecule has 2 N–H and O–H groups in total. The molecule has 0 saturated carbocycles. The summed E-state index contributed by atoms with van der Waals surface area (Å²) < 4.78 is 28.9. The number of pyridine rings is 1. The minimum absolute atomic E-state index is 0.0501. The number of aromatic nitrogens is 6. The molecule has 13 heteroatoms. The summed E-state index contributed by atoms with van der Waals surface area (Å²) in [5.74, 6) is -0.989. The van der Waals surface area contributed by atoms with Crippen LogP contribution in [-0.4, -0.2) is 73.5 Å². The van der Waals surface area contributed by atoms with Gasteiger partial charge in [0.1, 0.15) is 11.3 Å². The van der Waals surface area contributed by atoms with Crippen LogP contribution in [0.25, 0.3) is 5.69 Å². The number of likely N-dealkylation sites (N-methyl/N-ethyl adjacent to an activating group) is 1. The Bertz CT molecular complexity index is 1580. The van der Waals surface area contributed by atoms with Crippen molar-refractivity contribution >= 4 is 5.91 Å². The number of aliphatic hydroxyl groups is 1. The van der Waals surface area contributed by atoms with Gasteiger partial charge in [-0.3, -0.25) is 19.4 Å². The van der Waals surface area contributed by atoms with Crippen molar-refractivity contribution in [2.75, 3.05) is 27.8 Å². The van der Waals surface area contributed by atoms with E-state index in [1.165, 1.54) is 25.0 Å². The highest BCUT2D eigenvalue weighted by molar-refractivity contribution is 5.95. The summed E-state index contributed by atoms with van der Waals surface area (Å²) in [6, 6.07) is 5.17. The second-order valence-electron chi connectivity index (χ2n) is 10.5. The molecule has 41 heavy (non-hydrogen) atoms. The number of benzene rings is 1. The van der Waals surface area contributed by atoms with Gasteiger partial charge < -0.3 is 19.9 Å². The van der Waals surface area contributed by atoms with Crippen LogP contribution in [0.3, 0.4) is 0 Å². The van der Waals surface area contributed by atoms with Gasteiger partial charge in [-0.25, -0.2) is 9.07 Å². The molecule has 3 aromatic heterocycles. The Morgan fingerprint density at radius 2 is 2.07 bits per heavy atom. The van der Waals surface area contributed by atoms with Gasteiger partial charge in [-0.2, -0.15) is 5.10 Å². The minimum atomic E-state index is -1.03. The fraction of sp³-hybridized carbons (Fsp3) is 0.393. The van der Waals surface area contributed by atoms with Gasteiger partial charge in [0.15, 0.2) is 11.6 Å². The number of ether oxygens (including phenoxy) is 2. The molecule has 0 bridgehead atoms. The largest absolute Gasteiger partial charge is 0.494 e. The molecule has 1 amide bonds. The van der Waals surface area contributed by atoms with Gasteiger partial charge in [0, 0.05) is 44.7 Å². The maximum absolute atomic E-state index is 15.3. The van der Waals surface area contributed by atoms with Crippen molar-refractivity contribution in [1.82, 2.24) is 40.0 Å². The maximum atomic E-state index is 15.3. The van der Waals surface area contributed by atoms with Gasteiger partial charge in [0.05, 0.1) is 49.1 Å². The molecule has 216 valence electrons. The number of carbonyl (C=O) groups excluding carboxylic acids is 1. The zero-order valence-electron chi connectivity index (χ0n) is 23.7. The van der Waals surface area contributed by atoms with E-state index < -0.39 is 17.3 Å². The van der Waals surface area contributed by atoms with Crippen LogP contribution < -0.4 is 10.1 Å². The lowest BCUT2D eigenvalue weighted by Crippen LogP contribution is -2.42. The number of nitrogens with zero attached hydrogens (tertiary/aromatic N) is 7. The molecule has 0 radical (unpaired) electrons. The van der Waals surface area contributed by atoms with Crippen LogP contribution in [0.5, 0.6) is 5.75 Å². The molecule has 1 aliphatic heterocycles. The number of rotatable bonds is 9. The van der Waals surface area contributed by atoms with Gasteiger partial charge >= 0.3 is 0 Å². The molecule has 0 saturated heterocycles. The van der Waals surface area contributed by atoms with Crippen LogP contribution in [0.15, 0.2) is 36.8 Å². The summed E-state index contributed by atoms with van der Waals surface area (Å²) in [4.78, 5) is 19.9. The van der Waals surface area contributed by atoms with Crippen LogP contribution in [0.4, 0.5) is 4.39 Å². The van der Waals surface area contributed by atoms with E-state index in [1.54, 1.807) is 43.2 Å². The summed E-state index contributed by atoms with van der Waals surface area (Å²) in [6.45, 7) is 5.06. The molecule has 4 heterocycles. The van der Waals surface area contributed by atoms with Crippen molar-refractivity contribution in [3.05, 3.63) is 81.9 Å². The highest BCUT2D eigenvalue weighted by Gasteiger charge is 2.33. The topological polar surface area (TPSA) is 132 Å². The van der Waals surface area contributed by atoms with E-state index >= 15 is 4.39 Å². The molecule has 1 aromatic carbocycles. The van der Waals surface area contributed by atoms with Crippen molar-refractivity contribution in [1.29, 1.82) is 0 Å². The quantitative estimate of drug-likeness (QED) is 0.314. The van der Waals surface area contributed by atoms with Crippen molar-refractivity contribution in [3.8, 4) is 11.4 Å². The zero-order chi connectivity index (χ0) is 29.3. The average Bonchev–Trinajstić information content (AvgIpc) is 3.53. The van der Waals surface area contributed by atoms with E-state index in [4.69, 9.17) is 9.47 Å². The highest BCUT2D eigenvalue weighted by Crippen LogP contribution is 2.30. The molecule has 0 aliphatic carbocycles. The van der Waals surface area contributed by atoms with E-state index in [0.717, 1.165) is 11.1 Å². The number of methoxy groups -OCH3 is 2. The van der Waals surface area contributed by atoms with Gasteiger partial charge in [-0.15, -0.1) is 5.10 Å². The van der Waals surface area contributed by atoms with E-state index in [-0.39, 0.29) is 24.5 Å². The summed E-state index contributed by atoms with van der Waals surface area (Å²) in [6.07, 6.45) is 5.02. The van der Waals surface area contributed by atoms with Crippen molar-refractivity contribution < 1.29 is 23.8 Å². The van der Waals surface area contributed by atoms with E-state index in [1.807, 2.05) is 18.0 Å². The standard InChI is InChI=1S/C28H33FN8O4/c1-17-11-37(34-32-17)23-6-7-24(41-5)25(29)20(23)10-31-27(38)21-14-36(33-22(21)15-40-4)12-18-8-19-13-35(3)16-28(2,39)26(19)30-9-18/h6-9,11,14,39H,10,12-13,15-16H2,1-5H3,(H,31,38). The van der Waals surface area contributed by atoms with Gasteiger partial charge in [0.25, 0.3) is 5.91 Å². The first-order valence-corrected chi connectivity index (χ1v) is 13.1. The second kappa shape index (κ2) is 11.4. The van der Waals surface area contributed by atoms with Gasteiger partial charge in [-0.1, -0.05) is 5.21 Å². The van der Waals surface area contributed by atoms with Crippen LogP contribution in [0.1, 0.15) is 51.1 Å². The average molecular weight is 565 g/mol. The first-order valence-electron chi connectivity index (χ1n) is 13.1. The fourth-order valence-electron chi connectivity index (χ4n) is 5.22. The number of nitrogens with one attached hydrogen (secondary N) is 1. The van der Waals surface area contributed by atoms with Crippen molar-refractivity contribution in [3.63, 3.8) is 0 Å². The van der Waals surface area contributed by atoms with E-state index in [2.05, 4.69) is 25.7 Å². The monoisotopic (exact) mass is 564 g/mol. The maximum Gasteiger partial charge on any atom is 0.255 e. The number of aryl methyl sites for hydroxylation is 1. The zero-order valence-corrected chi connectivity index (χ0v) is 23.7. The Hall–Kier alpha value is -4.20. The van der Waals surface area contributed by atoms with Gasteiger partial charge in [0.2, 0.25) is 0 Å². The SMILES string of the molecule is COCc1nn(Cc2cnc3c(c2)CN(C)CC3(C)O)cc1C(=O)NCc1c(-n2cc(C)nn2)ccc(OC)c1F. The van der Waals surface area contributed by atoms with Crippen LogP contribution in [0.2, 0.25) is 0 Å². The smallest absolute Gasteiger partial charge is 0.255 e. The number of β-amino-alcohol motifs (C(OH)–C–C–N with tert-alkyl or cyclic N) is 1. The lowest BCUT2D eigenvalue weighted by Gasteiger charge is -2.35. The molecule has 1 aliphatic rings. The Morgan fingerprint density at radius 3 is 2.78 bits per heavy atom. The number of carbonyl (C=O) groups is 1. The third-order valence-electron chi connectivity index (χ3n) is 6.94. The van der Waals surface area contributed by atoms with Crippen molar-refractivity contribution in [2.45, 2.75) is 45.7 Å². The van der Waals surface area contributed by atoms with Crippen LogP contribution in [0, 0.1) is 12.7 Å². The Morgan fingerprint density at radius 1 is 1.27 bits per heavy atom. The first-order chi connectivity index (χ1) is 19.6. The summed E-state index contributed by atoms with van der Waals surface area (Å²) in [5, 5.41) is 26.2.